The molecule has 8 nitrogen and oxygen atoms in total. The minimum atomic E-state index is -0.524. The zero-order chi connectivity index (χ0) is 18.1. The summed E-state index contributed by atoms with van der Waals surface area (Å²) >= 11 is 0. The standard InChI is InChI=1S/C17H20N4O4/c1-10-15(21(23)24)6-13(7-16(10)25-3)17(22)19-14-8-18-20(9-14)11(2)12-4-5-12/h6-9,11-12H,4-5H2,1-3H3,(H,19,22). The molecule has 3 rings (SSSR count). The Bertz CT molecular complexity index is 826. The highest BCUT2D eigenvalue weighted by atomic mass is 16.6. The van der Waals surface area contributed by atoms with E-state index in [1.54, 1.807) is 19.3 Å². The molecule has 0 spiro atoms. The molecule has 0 aliphatic heterocycles. The van der Waals surface area contributed by atoms with Gasteiger partial charge in [0.15, 0.2) is 0 Å². The summed E-state index contributed by atoms with van der Waals surface area (Å²) < 4.78 is 6.98. The summed E-state index contributed by atoms with van der Waals surface area (Å²) in [7, 11) is 1.41. The monoisotopic (exact) mass is 344 g/mol. The van der Waals surface area contributed by atoms with Gasteiger partial charge in [0.1, 0.15) is 5.75 Å². The van der Waals surface area contributed by atoms with Gasteiger partial charge in [-0.25, -0.2) is 0 Å². The Morgan fingerprint density at radius 3 is 2.80 bits per heavy atom. The Labute approximate surface area is 144 Å². The minimum Gasteiger partial charge on any atom is -0.496 e. The van der Waals surface area contributed by atoms with Gasteiger partial charge < -0.3 is 10.1 Å². The highest BCUT2D eigenvalue weighted by Crippen LogP contribution is 2.39. The molecule has 1 heterocycles. The number of hydrogen-bond donors (Lipinski definition) is 1. The Morgan fingerprint density at radius 2 is 2.20 bits per heavy atom. The number of benzene rings is 1. The molecular weight excluding hydrogens is 324 g/mol. The zero-order valence-electron chi connectivity index (χ0n) is 14.4. The van der Waals surface area contributed by atoms with Gasteiger partial charge in [-0.2, -0.15) is 5.10 Å². The molecule has 1 aromatic heterocycles. The van der Waals surface area contributed by atoms with Crippen LogP contribution < -0.4 is 10.1 Å². The van der Waals surface area contributed by atoms with Gasteiger partial charge in [-0.1, -0.05) is 0 Å². The summed E-state index contributed by atoms with van der Waals surface area (Å²) in [5.74, 6) is 0.505. The van der Waals surface area contributed by atoms with Crippen LogP contribution in [-0.2, 0) is 0 Å². The lowest BCUT2D eigenvalue weighted by Crippen LogP contribution is -2.13. The van der Waals surface area contributed by atoms with Crippen LogP contribution in [0.1, 0.15) is 41.7 Å². The Hall–Kier alpha value is -2.90. The summed E-state index contributed by atoms with van der Waals surface area (Å²) in [6.07, 6.45) is 5.77. The Morgan fingerprint density at radius 1 is 1.48 bits per heavy atom. The van der Waals surface area contributed by atoms with Crippen LogP contribution in [0.5, 0.6) is 5.75 Å². The third kappa shape index (κ3) is 3.47. The molecule has 2 aromatic rings. The number of carbonyl (C=O) groups excluding carboxylic acids is 1. The molecule has 0 saturated heterocycles. The maximum atomic E-state index is 12.5. The number of rotatable bonds is 6. The van der Waals surface area contributed by atoms with E-state index < -0.39 is 10.8 Å². The van der Waals surface area contributed by atoms with Gasteiger partial charge in [-0.3, -0.25) is 19.6 Å². The van der Waals surface area contributed by atoms with Crippen molar-refractivity contribution in [1.82, 2.24) is 9.78 Å². The summed E-state index contributed by atoms with van der Waals surface area (Å²) in [6.45, 7) is 3.69. The number of hydrogen-bond acceptors (Lipinski definition) is 5. The first-order valence-electron chi connectivity index (χ1n) is 8.09. The number of anilines is 1. The van der Waals surface area contributed by atoms with Crippen molar-refractivity contribution in [3.63, 3.8) is 0 Å². The van der Waals surface area contributed by atoms with Crippen molar-refractivity contribution in [2.45, 2.75) is 32.7 Å². The fourth-order valence-electron chi connectivity index (χ4n) is 2.83. The van der Waals surface area contributed by atoms with Crippen LogP contribution in [0.2, 0.25) is 0 Å². The van der Waals surface area contributed by atoms with Crippen LogP contribution in [0.3, 0.4) is 0 Å². The van der Waals surface area contributed by atoms with Crippen LogP contribution >= 0.6 is 0 Å². The number of ether oxygens (including phenoxy) is 1. The smallest absolute Gasteiger partial charge is 0.276 e. The third-order valence-corrected chi connectivity index (χ3v) is 4.59. The number of aromatic nitrogens is 2. The summed E-state index contributed by atoms with van der Waals surface area (Å²) in [5.41, 5.74) is 0.953. The van der Waals surface area contributed by atoms with Crippen LogP contribution in [0.15, 0.2) is 24.5 Å². The van der Waals surface area contributed by atoms with E-state index >= 15 is 0 Å². The molecule has 25 heavy (non-hydrogen) atoms. The molecule has 1 fully saturated rings. The maximum absolute atomic E-state index is 12.5. The molecule has 1 aliphatic rings. The van der Waals surface area contributed by atoms with Crippen molar-refractivity contribution < 1.29 is 14.5 Å². The first kappa shape index (κ1) is 16.9. The first-order valence-corrected chi connectivity index (χ1v) is 8.09. The zero-order valence-corrected chi connectivity index (χ0v) is 14.4. The number of nitro groups is 1. The number of nitrogens with one attached hydrogen (secondary N) is 1. The van der Waals surface area contributed by atoms with E-state index in [4.69, 9.17) is 4.74 Å². The van der Waals surface area contributed by atoms with Gasteiger partial charge in [0.25, 0.3) is 11.6 Å². The number of methoxy groups -OCH3 is 1. The highest BCUT2D eigenvalue weighted by molar-refractivity contribution is 6.05. The second-order valence-electron chi connectivity index (χ2n) is 6.32. The second kappa shape index (κ2) is 6.54. The van der Waals surface area contributed by atoms with Crippen LogP contribution in [0.25, 0.3) is 0 Å². The van der Waals surface area contributed by atoms with Crippen LogP contribution in [-0.4, -0.2) is 27.7 Å². The van der Waals surface area contributed by atoms with Crippen molar-refractivity contribution in [1.29, 1.82) is 0 Å². The quantitative estimate of drug-likeness (QED) is 0.640. The predicted molar refractivity (Wildman–Crippen MR) is 92.0 cm³/mol. The number of nitro benzene ring substituents is 1. The molecule has 0 radical (unpaired) electrons. The molecule has 1 amide bonds. The SMILES string of the molecule is COc1cc(C(=O)Nc2cnn(C(C)C3CC3)c2)cc([N+](=O)[O-])c1C. The molecule has 1 aliphatic carbocycles. The molecule has 1 aromatic carbocycles. The molecule has 1 N–H and O–H groups in total. The topological polar surface area (TPSA) is 99.3 Å². The average Bonchev–Trinajstić information content (AvgIpc) is 3.33. The molecule has 0 bridgehead atoms. The van der Waals surface area contributed by atoms with E-state index in [0.717, 1.165) is 0 Å². The highest BCUT2D eigenvalue weighted by Gasteiger charge is 2.29. The Balaban J connectivity index is 1.81. The van der Waals surface area contributed by atoms with E-state index in [0.29, 0.717) is 29.0 Å². The van der Waals surface area contributed by atoms with Crippen LogP contribution in [0.4, 0.5) is 11.4 Å². The lowest BCUT2D eigenvalue weighted by molar-refractivity contribution is -0.385. The normalized spacial score (nSPS) is 14.8. The van der Waals surface area contributed by atoms with Crippen molar-refractivity contribution in [3.05, 3.63) is 45.8 Å². The summed E-state index contributed by atoms with van der Waals surface area (Å²) in [4.78, 5) is 23.1. The third-order valence-electron chi connectivity index (χ3n) is 4.59. The molecule has 1 saturated carbocycles. The van der Waals surface area contributed by atoms with Crippen molar-refractivity contribution in [3.8, 4) is 5.75 Å². The lowest BCUT2D eigenvalue weighted by Gasteiger charge is -2.10. The average molecular weight is 344 g/mol. The summed E-state index contributed by atoms with van der Waals surface area (Å²) in [6, 6.07) is 3.05. The molecule has 8 heteroatoms. The van der Waals surface area contributed by atoms with Gasteiger partial charge in [-0.05, 0) is 38.7 Å². The van der Waals surface area contributed by atoms with E-state index in [9.17, 15) is 14.9 Å². The number of amides is 1. The largest absolute Gasteiger partial charge is 0.496 e. The number of nitrogens with zero attached hydrogens (tertiary/aromatic N) is 3. The van der Waals surface area contributed by atoms with Crippen molar-refractivity contribution in [2.24, 2.45) is 5.92 Å². The summed E-state index contributed by atoms with van der Waals surface area (Å²) in [5, 5.41) is 18.2. The Kier molecular flexibility index (Phi) is 4.43. The minimum absolute atomic E-state index is 0.150. The van der Waals surface area contributed by atoms with E-state index in [1.807, 2.05) is 4.68 Å². The first-order chi connectivity index (χ1) is 11.9. The van der Waals surface area contributed by atoms with Gasteiger partial charge in [0, 0.05) is 12.3 Å². The predicted octanol–water partition coefficient (Wildman–Crippen LogP) is 3.33. The fraction of sp³-hybridized carbons (Fsp3) is 0.412. The molecular formula is C17H20N4O4. The van der Waals surface area contributed by atoms with E-state index in [-0.39, 0.29) is 11.3 Å². The maximum Gasteiger partial charge on any atom is 0.276 e. The molecule has 132 valence electrons. The number of carbonyl (C=O) groups is 1. The molecule has 1 atom stereocenters. The van der Waals surface area contributed by atoms with Gasteiger partial charge in [0.05, 0.1) is 41.1 Å². The van der Waals surface area contributed by atoms with Crippen molar-refractivity contribution in [2.75, 3.05) is 12.4 Å². The van der Waals surface area contributed by atoms with Gasteiger partial charge in [0.2, 0.25) is 0 Å². The lowest BCUT2D eigenvalue weighted by atomic mass is 10.1. The fourth-order valence-corrected chi connectivity index (χ4v) is 2.83. The van der Waals surface area contributed by atoms with E-state index in [1.165, 1.54) is 32.1 Å². The van der Waals surface area contributed by atoms with Crippen molar-refractivity contribution >= 4 is 17.3 Å². The molecule has 1 unspecified atom stereocenters. The van der Waals surface area contributed by atoms with Gasteiger partial charge >= 0.3 is 0 Å². The van der Waals surface area contributed by atoms with E-state index in [2.05, 4.69) is 17.3 Å². The second-order valence-corrected chi connectivity index (χ2v) is 6.32. The van der Waals surface area contributed by atoms with Gasteiger partial charge in [-0.15, -0.1) is 0 Å². The van der Waals surface area contributed by atoms with Crippen LogP contribution in [0, 0.1) is 23.0 Å².